The van der Waals surface area contributed by atoms with E-state index in [2.05, 4.69) is 10.6 Å². The predicted molar refractivity (Wildman–Crippen MR) is 99.9 cm³/mol. The van der Waals surface area contributed by atoms with E-state index in [-0.39, 0.29) is 18.1 Å². The zero-order valence-electron chi connectivity index (χ0n) is 16.5. The first kappa shape index (κ1) is 26.2. The molecule has 0 bridgehead atoms. The maximum atomic E-state index is 11.3. The molecule has 0 fully saturated rings. The van der Waals surface area contributed by atoms with Crippen molar-refractivity contribution in [1.82, 2.24) is 10.6 Å². The number of amides is 1. The number of nitrogens with one attached hydrogen (secondary N) is 2. The van der Waals surface area contributed by atoms with Crippen LogP contribution in [0.5, 0.6) is 0 Å². The summed E-state index contributed by atoms with van der Waals surface area (Å²) in [4.78, 5) is 22.1. The van der Waals surface area contributed by atoms with Gasteiger partial charge in [-0.05, 0) is 33.4 Å². The smallest absolute Gasteiger partial charge is 0.220 e. The number of ether oxygens (including phenoxy) is 3. The Morgan fingerprint density at radius 3 is 1.72 bits per heavy atom. The van der Waals surface area contributed by atoms with E-state index in [1.54, 1.807) is 0 Å². The molecule has 0 saturated carbocycles. The van der Waals surface area contributed by atoms with E-state index >= 15 is 0 Å². The molecule has 0 aliphatic carbocycles. The fourth-order valence-electron chi connectivity index (χ4n) is 1.67. The van der Waals surface area contributed by atoms with Crippen molar-refractivity contribution in [3.05, 3.63) is 0 Å². The van der Waals surface area contributed by atoms with Crippen molar-refractivity contribution >= 4 is 11.7 Å². The Balaban J connectivity index is 0. The molecule has 0 spiro atoms. The maximum absolute atomic E-state index is 11.3. The van der Waals surface area contributed by atoms with Crippen LogP contribution in [-0.2, 0) is 23.8 Å². The summed E-state index contributed by atoms with van der Waals surface area (Å²) < 4.78 is 16.2. The normalized spacial score (nSPS) is 10.1. The number of Topliss-reactive ketones (excluding diaryl/α,β-unsaturated/α-hetero) is 1. The molecule has 7 heteroatoms. The minimum Gasteiger partial charge on any atom is -0.379 e. The lowest BCUT2D eigenvalue weighted by atomic mass is 10.2. The highest BCUT2D eigenvalue weighted by Crippen LogP contribution is 1.90. The quantitative estimate of drug-likeness (QED) is 0.382. The van der Waals surface area contributed by atoms with Gasteiger partial charge < -0.3 is 29.6 Å². The van der Waals surface area contributed by atoms with Gasteiger partial charge in [0.15, 0.2) is 0 Å². The van der Waals surface area contributed by atoms with Crippen LogP contribution < -0.4 is 10.6 Å². The number of carbonyl (C=O) groups excluding carboxylic acids is 2. The molecule has 2 N–H and O–H groups in total. The molecular weight excluding hydrogens is 324 g/mol. The molecule has 7 nitrogen and oxygen atoms in total. The fourth-order valence-corrected chi connectivity index (χ4v) is 1.67. The summed E-state index contributed by atoms with van der Waals surface area (Å²) in [5.74, 6) is -0.0508. The lowest BCUT2D eigenvalue weighted by Gasteiger charge is -2.07. The van der Waals surface area contributed by atoms with E-state index in [1.165, 1.54) is 6.92 Å². The zero-order chi connectivity index (χ0) is 19.2. The topological polar surface area (TPSA) is 85.9 Å². The van der Waals surface area contributed by atoms with E-state index in [0.717, 1.165) is 26.0 Å². The van der Waals surface area contributed by atoms with E-state index in [4.69, 9.17) is 14.2 Å². The van der Waals surface area contributed by atoms with Gasteiger partial charge in [0, 0.05) is 32.6 Å². The van der Waals surface area contributed by atoms with Gasteiger partial charge in [-0.15, -0.1) is 0 Å². The Kier molecular flexibility index (Phi) is 24.1. The molecule has 0 aliphatic heterocycles. The van der Waals surface area contributed by atoms with Crippen LogP contribution in [-0.4, -0.2) is 71.5 Å². The average Bonchev–Trinajstić information content (AvgIpc) is 2.62. The Hall–Kier alpha value is -1.02. The van der Waals surface area contributed by atoms with Gasteiger partial charge in [0.25, 0.3) is 0 Å². The highest BCUT2D eigenvalue weighted by Gasteiger charge is 2.02. The first-order valence-electron chi connectivity index (χ1n) is 9.30. The number of rotatable bonds is 17. The summed E-state index contributed by atoms with van der Waals surface area (Å²) in [5, 5.41) is 5.81. The third-order valence-electron chi connectivity index (χ3n) is 2.95. The van der Waals surface area contributed by atoms with Gasteiger partial charge in [0.1, 0.15) is 5.78 Å². The Morgan fingerprint density at radius 2 is 1.24 bits per heavy atom. The molecule has 0 radical (unpaired) electrons. The van der Waals surface area contributed by atoms with Crippen molar-refractivity contribution < 1.29 is 23.8 Å². The van der Waals surface area contributed by atoms with Gasteiger partial charge in [-0.2, -0.15) is 0 Å². The van der Waals surface area contributed by atoms with Crippen LogP contribution in [0, 0.1) is 0 Å². The van der Waals surface area contributed by atoms with Crippen molar-refractivity contribution in [3.8, 4) is 0 Å². The molecular formula is C18H38N2O5. The van der Waals surface area contributed by atoms with Crippen molar-refractivity contribution in [2.24, 2.45) is 0 Å². The number of carbonyl (C=O) groups is 2. The van der Waals surface area contributed by atoms with Crippen LogP contribution in [0.1, 0.15) is 46.5 Å². The molecule has 0 aromatic carbocycles. The summed E-state index contributed by atoms with van der Waals surface area (Å²) in [6.45, 7) is 10.6. The highest BCUT2D eigenvalue weighted by molar-refractivity contribution is 5.83. The van der Waals surface area contributed by atoms with Gasteiger partial charge in [-0.1, -0.05) is 13.8 Å². The molecule has 25 heavy (non-hydrogen) atoms. The summed E-state index contributed by atoms with van der Waals surface area (Å²) in [5.41, 5.74) is 0. The lowest BCUT2D eigenvalue weighted by Crippen LogP contribution is -2.25. The second-order valence-corrected chi connectivity index (χ2v) is 5.20. The predicted octanol–water partition coefficient (Wildman–Crippen LogP) is 1.55. The summed E-state index contributed by atoms with van der Waals surface area (Å²) in [7, 11) is 1.92. The molecule has 0 unspecified atom stereocenters. The molecule has 0 aromatic rings. The van der Waals surface area contributed by atoms with Gasteiger partial charge in [0.2, 0.25) is 5.91 Å². The van der Waals surface area contributed by atoms with E-state index < -0.39 is 0 Å². The summed E-state index contributed by atoms with van der Waals surface area (Å²) in [6, 6.07) is 0. The maximum Gasteiger partial charge on any atom is 0.220 e. The fraction of sp³-hybridized carbons (Fsp3) is 0.889. The zero-order valence-corrected chi connectivity index (χ0v) is 16.5. The second-order valence-electron chi connectivity index (χ2n) is 5.20. The first-order chi connectivity index (χ1) is 12.2. The first-order valence-corrected chi connectivity index (χ1v) is 9.30. The van der Waals surface area contributed by atoms with Gasteiger partial charge >= 0.3 is 0 Å². The Morgan fingerprint density at radius 1 is 0.760 bits per heavy atom. The molecule has 0 aromatic heterocycles. The highest BCUT2D eigenvalue weighted by atomic mass is 16.5. The van der Waals surface area contributed by atoms with Crippen molar-refractivity contribution in [1.29, 1.82) is 0 Å². The Bertz CT molecular complexity index is 301. The van der Waals surface area contributed by atoms with Crippen molar-refractivity contribution in [3.63, 3.8) is 0 Å². The minimum absolute atomic E-state index is 0.0341. The van der Waals surface area contributed by atoms with Crippen LogP contribution in [0.4, 0.5) is 0 Å². The number of ketones is 1. The van der Waals surface area contributed by atoms with Gasteiger partial charge in [0.05, 0.1) is 26.4 Å². The molecule has 0 aliphatic rings. The van der Waals surface area contributed by atoms with Crippen LogP contribution in [0.15, 0.2) is 0 Å². The Labute approximate surface area is 153 Å². The third-order valence-corrected chi connectivity index (χ3v) is 2.95. The van der Waals surface area contributed by atoms with E-state index in [0.29, 0.717) is 46.0 Å². The van der Waals surface area contributed by atoms with Crippen molar-refractivity contribution in [2.75, 3.05) is 59.8 Å². The third kappa shape index (κ3) is 25.3. The van der Waals surface area contributed by atoms with E-state index in [1.807, 2.05) is 20.9 Å². The average molecular weight is 363 g/mol. The molecule has 0 saturated heterocycles. The molecule has 150 valence electrons. The van der Waals surface area contributed by atoms with Crippen molar-refractivity contribution in [2.45, 2.75) is 46.5 Å². The largest absolute Gasteiger partial charge is 0.379 e. The number of hydrogen-bond donors (Lipinski definition) is 2. The molecule has 1 amide bonds. The van der Waals surface area contributed by atoms with Gasteiger partial charge in [-0.25, -0.2) is 0 Å². The van der Waals surface area contributed by atoms with Crippen LogP contribution >= 0.6 is 0 Å². The SMILES string of the molecule is CC.CNCCCOCCOCCOCCCNC(=O)CCC(C)=O. The van der Waals surface area contributed by atoms with Crippen LogP contribution in [0.3, 0.4) is 0 Å². The van der Waals surface area contributed by atoms with Crippen LogP contribution in [0.25, 0.3) is 0 Å². The lowest BCUT2D eigenvalue weighted by molar-refractivity contribution is -0.124. The van der Waals surface area contributed by atoms with Gasteiger partial charge in [-0.3, -0.25) is 4.79 Å². The molecule has 0 rings (SSSR count). The summed E-state index contributed by atoms with van der Waals surface area (Å²) in [6.07, 6.45) is 2.32. The minimum atomic E-state index is -0.0850. The second kappa shape index (κ2) is 23.0. The standard InChI is InChI=1S/C16H32N2O5.C2H6/c1-15(19)5-6-16(20)18-8-4-10-22-12-14-23-13-11-21-9-3-7-17-2;1-2/h17H,3-14H2,1-2H3,(H,18,20);1-2H3. The van der Waals surface area contributed by atoms with E-state index in [9.17, 15) is 9.59 Å². The number of hydrogen-bond acceptors (Lipinski definition) is 6. The summed E-state index contributed by atoms with van der Waals surface area (Å²) >= 11 is 0. The van der Waals surface area contributed by atoms with Crippen LogP contribution in [0.2, 0.25) is 0 Å². The molecule has 0 atom stereocenters. The monoisotopic (exact) mass is 362 g/mol. The molecule has 0 heterocycles.